The highest BCUT2D eigenvalue weighted by atomic mass is 19.1. The summed E-state index contributed by atoms with van der Waals surface area (Å²) in [6.07, 6.45) is 1.43. The quantitative estimate of drug-likeness (QED) is 0.758. The molecule has 25 heavy (non-hydrogen) atoms. The molecule has 0 radical (unpaired) electrons. The van der Waals surface area contributed by atoms with Crippen molar-refractivity contribution in [2.45, 2.75) is 13.5 Å². The maximum absolute atomic E-state index is 13.2. The molecule has 0 aliphatic carbocycles. The van der Waals surface area contributed by atoms with E-state index in [0.29, 0.717) is 23.4 Å². The number of carbonyl (C=O) groups excluding carboxylic acids is 2. The van der Waals surface area contributed by atoms with Gasteiger partial charge in [-0.3, -0.25) is 9.59 Å². The number of primary amides is 1. The molecule has 2 amide bonds. The topological polar surface area (TPSA) is 81.4 Å². The Morgan fingerprint density at radius 2 is 1.92 bits per heavy atom. The van der Waals surface area contributed by atoms with E-state index >= 15 is 0 Å². The minimum Gasteiger partial charge on any atom is -0.484 e. The Kier molecular flexibility index (Phi) is 6.28. The predicted octanol–water partition coefficient (Wildman–Crippen LogP) is 2.41. The van der Waals surface area contributed by atoms with Crippen LogP contribution >= 0.6 is 0 Å². The summed E-state index contributed by atoms with van der Waals surface area (Å²) >= 11 is 0. The number of allylic oxidation sites excluding steroid dienone is 1. The highest BCUT2D eigenvalue weighted by molar-refractivity contribution is 5.94. The second kappa shape index (κ2) is 8.63. The number of nitrogens with one attached hydrogen (secondary N) is 1. The molecule has 0 aliphatic heterocycles. The Hall–Kier alpha value is -3.15. The van der Waals surface area contributed by atoms with E-state index in [2.05, 4.69) is 5.32 Å². The lowest BCUT2D eigenvalue weighted by Crippen LogP contribution is -2.21. The Balaban J connectivity index is 1.89. The van der Waals surface area contributed by atoms with Gasteiger partial charge in [0.2, 0.25) is 5.91 Å². The van der Waals surface area contributed by atoms with Crippen LogP contribution in [0.5, 0.6) is 5.75 Å². The summed E-state index contributed by atoms with van der Waals surface area (Å²) in [4.78, 5) is 22.6. The lowest BCUT2D eigenvalue weighted by molar-refractivity contribution is -0.120. The number of rotatable bonds is 7. The van der Waals surface area contributed by atoms with Gasteiger partial charge in [-0.15, -0.1) is 0 Å². The van der Waals surface area contributed by atoms with Crippen LogP contribution in [0.4, 0.5) is 4.39 Å². The van der Waals surface area contributed by atoms with Crippen LogP contribution in [0, 0.1) is 5.82 Å². The average molecular weight is 342 g/mol. The van der Waals surface area contributed by atoms with E-state index in [9.17, 15) is 14.0 Å². The molecule has 0 saturated heterocycles. The first-order chi connectivity index (χ1) is 11.9. The van der Waals surface area contributed by atoms with E-state index in [4.69, 9.17) is 10.5 Å². The molecule has 5 nitrogen and oxygen atoms in total. The molecular formula is C19H19FN2O3. The van der Waals surface area contributed by atoms with E-state index < -0.39 is 5.91 Å². The van der Waals surface area contributed by atoms with E-state index in [-0.39, 0.29) is 18.3 Å². The summed E-state index contributed by atoms with van der Waals surface area (Å²) < 4.78 is 18.4. The van der Waals surface area contributed by atoms with E-state index in [1.807, 2.05) is 0 Å². The third kappa shape index (κ3) is 6.10. The fourth-order valence-corrected chi connectivity index (χ4v) is 2.11. The second-order valence-electron chi connectivity index (χ2n) is 5.45. The highest BCUT2D eigenvalue weighted by Crippen LogP contribution is 2.15. The first-order valence-corrected chi connectivity index (χ1v) is 7.66. The number of hydrogen-bond donors (Lipinski definition) is 2. The number of amides is 2. The van der Waals surface area contributed by atoms with Crippen molar-refractivity contribution in [2.75, 3.05) is 6.61 Å². The Morgan fingerprint density at radius 1 is 1.20 bits per heavy atom. The molecule has 130 valence electrons. The molecule has 2 aromatic rings. The first kappa shape index (κ1) is 18.2. The van der Waals surface area contributed by atoms with Crippen molar-refractivity contribution < 1.29 is 18.7 Å². The van der Waals surface area contributed by atoms with Gasteiger partial charge in [-0.25, -0.2) is 4.39 Å². The largest absolute Gasteiger partial charge is 0.484 e. The molecule has 0 bridgehead atoms. The molecule has 2 aromatic carbocycles. The number of ether oxygens (including phenoxy) is 1. The zero-order valence-corrected chi connectivity index (χ0v) is 13.8. The van der Waals surface area contributed by atoms with Crippen molar-refractivity contribution in [3.8, 4) is 5.75 Å². The minimum absolute atomic E-state index is 0.180. The van der Waals surface area contributed by atoms with Crippen molar-refractivity contribution in [3.05, 3.63) is 71.6 Å². The van der Waals surface area contributed by atoms with Gasteiger partial charge in [0.25, 0.3) is 5.91 Å². The maximum atomic E-state index is 13.2. The van der Waals surface area contributed by atoms with E-state index in [1.165, 1.54) is 18.2 Å². The van der Waals surface area contributed by atoms with Crippen molar-refractivity contribution in [1.29, 1.82) is 0 Å². The van der Waals surface area contributed by atoms with Gasteiger partial charge in [0, 0.05) is 12.6 Å². The van der Waals surface area contributed by atoms with Crippen LogP contribution in [0.1, 0.15) is 18.1 Å². The van der Waals surface area contributed by atoms with Gasteiger partial charge >= 0.3 is 0 Å². The molecule has 3 N–H and O–H groups in total. The van der Waals surface area contributed by atoms with Crippen LogP contribution in [0.25, 0.3) is 5.57 Å². The van der Waals surface area contributed by atoms with Gasteiger partial charge in [-0.1, -0.05) is 24.3 Å². The van der Waals surface area contributed by atoms with Gasteiger partial charge in [-0.05, 0) is 47.9 Å². The maximum Gasteiger partial charge on any atom is 0.255 e. The summed E-state index contributed by atoms with van der Waals surface area (Å²) in [6, 6.07) is 13.0. The molecule has 0 fully saturated rings. The lowest BCUT2D eigenvalue weighted by atomic mass is 10.1. The Morgan fingerprint density at radius 3 is 2.56 bits per heavy atom. The third-order valence-corrected chi connectivity index (χ3v) is 3.40. The highest BCUT2D eigenvalue weighted by Gasteiger charge is 2.03. The average Bonchev–Trinajstić information content (AvgIpc) is 2.59. The molecule has 6 heteroatoms. The van der Waals surface area contributed by atoms with Crippen molar-refractivity contribution in [3.63, 3.8) is 0 Å². The van der Waals surface area contributed by atoms with E-state index in [1.54, 1.807) is 43.3 Å². The summed E-state index contributed by atoms with van der Waals surface area (Å²) in [7, 11) is 0. The molecule has 0 saturated carbocycles. The van der Waals surface area contributed by atoms with Gasteiger partial charge in [0.1, 0.15) is 11.6 Å². The molecular weight excluding hydrogens is 323 g/mol. The number of halogens is 1. The Labute approximate surface area is 145 Å². The third-order valence-electron chi connectivity index (χ3n) is 3.40. The minimum atomic E-state index is -0.545. The number of benzene rings is 2. The molecule has 0 aromatic heterocycles. The van der Waals surface area contributed by atoms with Crippen LogP contribution in [-0.4, -0.2) is 18.4 Å². The molecule has 0 heterocycles. The molecule has 0 aliphatic rings. The van der Waals surface area contributed by atoms with Crippen molar-refractivity contribution >= 4 is 17.4 Å². The van der Waals surface area contributed by atoms with Crippen LogP contribution in [0.3, 0.4) is 0 Å². The first-order valence-electron chi connectivity index (χ1n) is 7.66. The zero-order chi connectivity index (χ0) is 18.2. The Bertz CT molecular complexity index is 786. The van der Waals surface area contributed by atoms with Crippen LogP contribution < -0.4 is 15.8 Å². The fourth-order valence-electron chi connectivity index (χ4n) is 2.11. The van der Waals surface area contributed by atoms with Gasteiger partial charge in [-0.2, -0.15) is 0 Å². The van der Waals surface area contributed by atoms with Crippen LogP contribution in [0.15, 0.2) is 54.6 Å². The van der Waals surface area contributed by atoms with Crippen LogP contribution in [-0.2, 0) is 16.1 Å². The monoisotopic (exact) mass is 342 g/mol. The molecule has 0 unspecified atom stereocenters. The summed E-state index contributed by atoms with van der Waals surface area (Å²) in [5.74, 6) is -0.632. The predicted molar refractivity (Wildman–Crippen MR) is 93.0 cm³/mol. The number of hydrogen-bond acceptors (Lipinski definition) is 3. The fraction of sp³-hybridized carbons (Fsp3) is 0.158. The second-order valence-corrected chi connectivity index (χ2v) is 5.45. The van der Waals surface area contributed by atoms with Gasteiger partial charge < -0.3 is 15.8 Å². The number of carbonyl (C=O) groups is 2. The lowest BCUT2D eigenvalue weighted by Gasteiger charge is -2.07. The van der Waals surface area contributed by atoms with Crippen LogP contribution in [0.2, 0.25) is 0 Å². The summed E-state index contributed by atoms with van der Waals surface area (Å²) in [5, 5.41) is 2.76. The molecule has 0 atom stereocenters. The SMILES string of the molecule is CC(=CC(=O)NCc1ccc(OCC(N)=O)cc1)c1cccc(F)c1. The summed E-state index contributed by atoms with van der Waals surface area (Å²) in [6.45, 7) is 1.90. The molecule has 2 rings (SSSR count). The molecule has 0 spiro atoms. The summed E-state index contributed by atoms with van der Waals surface area (Å²) in [5.41, 5.74) is 7.21. The zero-order valence-electron chi connectivity index (χ0n) is 13.8. The van der Waals surface area contributed by atoms with Gasteiger partial charge in [0.05, 0.1) is 0 Å². The normalized spacial score (nSPS) is 11.0. The van der Waals surface area contributed by atoms with Gasteiger partial charge in [0.15, 0.2) is 6.61 Å². The standard InChI is InChI=1S/C19H19FN2O3/c1-13(15-3-2-4-16(20)10-15)9-19(24)22-11-14-5-7-17(8-6-14)25-12-18(21)23/h2-10H,11-12H2,1H3,(H2,21,23)(H,22,24). The van der Waals surface area contributed by atoms with Crippen molar-refractivity contribution in [1.82, 2.24) is 5.32 Å². The smallest absolute Gasteiger partial charge is 0.255 e. The number of nitrogens with two attached hydrogens (primary N) is 1. The van der Waals surface area contributed by atoms with Crippen molar-refractivity contribution in [2.24, 2.45) is 5.73 Å². The van der Waals surface area contributed by atoms with E-state index in [0.717, 1.165) is 5.56 Å².